The molecule has 0 aliphatic carbocycles. The number of aromatic nitrogens is 3. The molecule has 0 saturated carbocycles. The molecule has 0 saturated heterocycles. The summed E-state index contributed by atoms with van der Waals surface area (Å²) in [5.74, 6) is 1.84. The molecular weight excluding hydrogens is 308 g/mol. The van der Waals surface area contributed by atoms with Crippen molar-refractivity contribution in [2.75, 3.05) is 27.3 Å². The number of hydrogen-bond donors (Lipinski definition) is 2. The molecule has 3 rings (SSSR count). The smallest absolute Gasteiger partial charge is 0.261 e. The van der Waals surface area contributed by atoms with Crippen molar-refractivity contribution in [2.45, 2.75) is 20.4 Å². The molecule has 2 heterocycles. The van der Waals surface area contributed by atoms with E-state index in [0.29, 0.717) is 34.9 Å². The van der Waals surface area contributed by atoms with Gasteiger partial charge in [-0.1, -0.05) is 13.8 Å². The standard InChI is InChI=1S/C17H22N4O3/c1-5-21(6-2)9-14-19-16-15(17(22)20-14)10-7-12(23-3)13(24-4)8-11(10)18-16/h7-8H,5-6,9H2,1-4H3,(H2,18,19,20,22). The third-order valence-corrected chi connectivity index (χ3v) is 4.28. The van der Waals surface area contributed by atoms with Crippen molar-refractivity contribution >= 4 is 21.9 Å². The van der Waals surface area contributed by atoms with Crippen LogP contribution in [0.25, 0.3) is 21.9 Å². The first-order valence-corrected chi connectivity index (χ1v) is 8.00. The van der Waals surface area contributed by atoms with Crippen molar-refractivity contribution in [2.24, 2.45) is 0 Å². The van der Waals surface area contributed by atoms with Gasteiger partial charge in [-0.3, -0.25) is 9.69 Å². The van der Waals surface area contributed by atoms with Crippen molar-refractivity contribution in [3.63, 3.8) is 0 Å². The van der Waals surface area contributed by atoms with Gasteiger partial charge in [-0.05, 0) is 19.2 Å². The van der Waals surface area contributed by atoms with Gasteiger partial charge >= 0.3 is 0 Å². The highest BCUT2D eigenvalue weighted by Crippen LogP contribution is 2.34. The van der Waals surface area contributed by atoms with Gasteiger partial charge in [0.25, 0.3) is 5.56 Å². The molecule has 0 spiro atoms. The lowest BCUT2D eigenvalue weighted by molar-refractivity contribution is 0.288. The normalized spacial score (nSPS) is 11.5. The number of benzene rings is 1. The highest BCUT2D eigenvalue weighted by Gasteiger charge is 2.15. The monoisotopic (exact) mass is 330 g/mol. The summed E-state index contributed by atoms with van der Waals surface area (Å²) < 4.78 is 10.6. The molecule has 1 aromatic carbocycles. The molecule has 3 aromatic rings. The highest BCUT2D eigenvalue weighted by molar-refractivity contribution is 6.06. The second-order valence-corrected chi connectivity index (χ2v) is 5.58. The largest absolute Gasteiger partial charge is 0.493 e. The predicted molar refractivity (Wildman–Crippen MR) is 93.9 cm³/mol. The van der Waals surface area contributed by atoms with Crippen LogP contribution in [-0.4, -0.2) is 47.2 Å². The molecule has 0 atom stereocenters. The van der Waals surface area contributed by atoms with Gasteiger partial charge in [-0.25, -0.2) is 4.98 Å². The zero-order valence-corrected chi connectivity index (χ0v) is 14.4. The maximum atomic E-state index is 12.6. The molecule has 0 fully saturated rings. The van der Waals surface area contributed by atoms with Gasteiger partial charge < -0.3 is 19.4 Å². The van der Waals surface area contributed by atoms with Crippen molar-refractivity contribution < 1.29 is 9.47 Å². The van der Waals surface area contributed by atoms with Crippen LogP contribution < -0.4 is 15.0 Å². The highest BCUT2D eigenvalue weighted by atomic mass is 16.5. The summed E-state index contributed by atoms with van der Waals surface area (Å²) in [6, 6.07) is 3.62. The van der Waals surface area contributed by atoms with Crippen LogP contribution in [0.3, 0.4) is 0 Å². The van der Waals surface area contributed by atoms with Gasteiger partial charge in [0.2, 0.25) is 0 Å². The summed E-state index contributed by atoms with van der Waals surface area (Å²) in [7, 11) is 3.16. The summed E-state index contributed by atoms with van der Waals surface area (Å²) in [4.78, 5) is 25.5. The number of methoxy groups -OCH3 is 2. The van der Waals surface area contributed by atoms with E-state index in [2.05, 4.69) is 33.7 Å². The molecule has 0 aliphatic heterocycles. The van der Waals surface area contributed by atoms with Crippen LogP contribution in [0, 0.1) is 0 Å². The Kier molecular flexibility index (Phi) is 4.44. The molecule has 2 N–H and O–H groups in total. The average Bonchev–Trinajstić information content (AvgIpc) is 2.95. The lowest BCUT2D eigenvalue weighted by Crippen LogP contribution is -2.25. The predicted octanol–water partition coefficient (Wildman–Crippen LogP) is 2.26. The third-order valence-electron chi connectivity index (χ3n) is 4.28. The topological polar surface area (TPSA) is 83.2 Å². The van der Waals surface area contributed by atoms with Crippen molar-refractivity contribution in [1.29, 1.82) is 0 Å². The molecule has 2 aromatic heterocycles. The van der Waals surface area contributed by atoms with E-state index < -0.39 is 0 Å². The Labute approximate surface area is 139 Å². The van der Waals surface area contributed by atoms with Gasteiger partial charge in [0.05, 0.1) is 31.7 Å². The Balaban J connectivity index is 2.18. The molecule has 0 amide bonds. The molecule has 0 bridgehead atoms. The maximum absolute atomic E-state index is 12.6. The summed E-state index contributed by atoms with van der Waals surface area (Å²) in [5, 5.41) is 1.31. The van der Waals surface area contributed by atoms with Gasteiger partial charge in [0, 0.05) is 11.5 Å². The van der Waals surface area contributed by atoms with Crippen LogP contribution in [0.2, 0.25) is 0 Å². The first kappa shape index (κ1) is 16.3. The van der Waals surface area contributed by atoms with E-state index in [0.717, 1.165) is 24.0 Å². The fourth-order valence-electron chi connectivity index (χ4n) is 2.91. The maximum Gasteiger partial charge on any atom is 0.261 e. The minimum atomic E-state index is -0.152. The van der Waals surface area contributed by atoms with Crippen LogP contribution in [-0.2, 0) is 6.54 Å². The van der Waals surface area contributed by atoms with Crippen molar-refractivity contribution in [3.8, 4) is 11.5 Å². The molecule has 0 radical (unpaired) electrons. The minimum absolute atomic E-state index is 0.152. The SMILES string of the molecule is CCN(CC)Cc1nc2[nH]c3cc(OC)c(OC)cc3c2c(=O)[nH]1. The first-order chi connectivity index (χ1) is 11.6. The zero-order chi connectivity index (χ0) is 17.3. The van der Waals surface area contributed by atoms with E-state index in [4.69, 9.17) is 9.47 Å². The quantitative estimate of drug-likeness (QED) is 0.724. The summed E-state index contributed by atoms with van der Waals surface area (Å²) in [5.41, 5.74) is 1.22. The molecule has 7 heteroatoms. The fourth-order valence-corrected chi connectivity index (χ4v) is 2.91. The number of ether oxygens (including phenoxy) is 2. The van der Waals surface area contributed by atoms with Crippen LogP contribution in [0.5, 0.6) is 11.5 Å². The third kappa shape index (κ3) is 2.71. The second kappa shape index (κ2) is 6.52. The number of aromatic amines is 2. The summed E-state index contributed by atoms with van der Waals surface area (Å²) in [6.07, 6.45) is 0. The zero-order valence-electron chi connectivity index (χ0n) is 14.4. The Morgan fingerprint density at radius 1 is 1.08 bits per heavy atom. The minimum Gasteiger partial charge on any atom is -0.493 e. The number of nitrogens with zero attached hydrogens (tertiary/aromatic N) is 2. The van der Waals surface area contributed by atoms with Gasteiger partial charge in [0.1, 0.15) is 11.5 Å². The summed E-state index contributed by atoms with van der Waals surface area (Å²) >= 11 is 0. The van der Waals surface area contributed by atoms with Gasteiger partial charge in [-0.15, -0.1) is 0 Å². The molecule has 0 aliphatic rings. The van der Waals surface area contributed by atoms with Crippen molar-refractivity contribution in [3.05, 3.63) is 28.3 Å². The Morgan fingerprint density at radius 3 is 2.38 bits per heavy atom. The van der Waals surface area contributed by atoms with Gasteiger partial charge in [0.15, 0.2) is 11.5 Å². The van der Waals surface area contributed by atoms with E-state index in [-0.39, 0.29) is 5.56 Å². The van der Waals surface area contributed by atoms with E-state index >= 15 is 0 Å². The number of rotatable bonds is 6. The Morgan fingerprint density at radius 2 is 1.75 bits per heavy atom. The van der Waals surface area contributed by atoms with Crippen molar-refractivity contribution in [1.82, 2.24) is 19.9 Å². The number of fused-ring (bicyclic) bond motifs is 3. The Hall–Kier alpha value is -2.54. The van der Waals surface area contributed by atoms with Crippen LogP contribution in [0.1, 0.15) is 19.7 Å². The van der Waals surface area contributed by atoms with Crippen LogP contribution in [0.4, 0.5) is 0 Å². The fraction of sp³-hybridized carbons (Fsp3) is 0.412. The molecule has 128 valence electrons. The van der Waals surface area contributed by atoms with Crippen LogP contribution in [0.15, 0.2) is 16.9 Å². The summed E-state index contributed by atoms with van der Waals surface area (Å²) in [6.45, 7) is 6.59. The average molecular weight is 330 g/mol. The van der Waals surface area contributed by atoms with E-state index in [9.17, 15) is 4.79 Å². The molecule has 24 heavy (non-hydrogen) atoms. The lowest BCUT2D eigenvalue weighted by atomic mass is 10.2. The van der Waals surface area contributed by atoms with E-state index in [1.165, 1.54) is 0 Å². The lowest BCUT2D eigenvalue weighted by Gasteiger charge is -2.16. The number of hydrogen-bond acceptors (Lipinski definition) is 5. The molecular formula is C17H22N4O3. The Bertz CT molecular complexity index is 925. The molecule has 0 unspecified atom stereocenters. The number of nitrogens with one attached hydrogen (secondary N) is 2. The van der Waals surface area contributed by atoms with E-state index in [1.807, 2.05) is 6.07 Å². The van der Waals surface area contributed by atoms with E-state index in [1.54, 1.807) is 20.3 Å². The van der Waals surface area contributed by atoms with Gasteiger partial charge in [-0.2, -0.15) is 0 Å². The molecule has 7 nitrogen and oxygen atoms in total. The van der Waals surface area contributed by atoms with Crippen LogP contribution >= 0.6 is 0 Å². The number of H-pyrrole nitrogens is 2. The first-order valence-electron chi connectivity index (χ1n) is 8.00. The second-order valence-electron chi connectivity index (χ2n) is 5.58.